The van der Waals surface area contributed by atoms with Crippen LogP contribution in [0.4, 0.5) is 11.4 Å². The number of hydrogen-bond donors (Lipinski definition) is 4. The number of aryl methyl sites for hydroxylation is 2. The van der Waals surface area contributed by atoms with Crippen molar-refractivity contribution >= 4 is 11.4 Å². The van der Waals surface area contributed by atoms with E-state index < -0.39 is 0 Å². The first-order chi connectivity index (χ1) is 20.4. The maximum absolute atomic E-state index is 6.01. The van der Waals surface area contributed by atoms with Gasteiger partial charge in [0.15, 0.2) is 0 Å². The van der Waals surface area contributed by atoms with E-state index in [1.807, 2.05) is 24.3 Å². The van der Waals surface area contributed by atoms with E-state index in [4.69, 9.17) is 19.4 Å². The normalized spacial score (nSPS) is 28.2. The van der Waals surface area contributed by atoms with Gasteiger partial charge in [-0.1, -0.05) is 39.5 Å². The zero-order chi connectivity index (χ0) is 29.3. The second kappa shape index (κ2) is 15.3. The summed E-state index contributed by atoms with van der Waals surface area (Å²) in [4.78, 5) is 24.0. The molecule has 0 amide bonds. The molecule has 4 unspecified atom stereocenters. The largest absolute Gasteiger partial charge is 0.408 e. The molecular weight excluding hydrogens is 528 g/mol. The zero-order valence-corrected chi connectivity index (χ0v) is 26.0. The van der Waals surface area contributed by atoms with Gasteiger partial charge < -0.3 is 9.68 Å². The van der Waals surface area contributed by atoms with Gasteiger partial charge in [0.1, 0.15) is 11.5 Å². The van der Waals surface area contributed by atoms with E-state index in [0.29, 0.717) is 23.9 Å². The molecule has 8 heteroatoms. The second-order valence-electron chi connectivity index (χ2n) is 13.0. The minimum atomic E-state index is 0.286. The third kappa shape index (κ3) is 8.75. The van der Waals surface area contributed by atoms with Gasteiger partial charge in [0.2, 0.25) is 0 Å². The Bertz CT molecular complexity index is 1040. The summed E-state index contributed by atoms with van der Waals surface area (Å²) in [6, 6.07) is 12.8. The van der Waals surface area contributed by atoms with Crippen molar-refractivity contribution < 1.29 is 19.4 Å². The molecule has 0 bridgehead atoms. The summed E-state index contributed by atoms with van der Waals surface area (Å²) >= 11 is 0. The fraction of sp³-hybridized carbons (Fsp3) is 0.647. The molecule has 8 nitrogen and oxygen atoms in total. The summed E-state index contributed by atoms with van der Waals surface area (Å²) in [5.41, 5.74) is 17.0. The van der Waals surface area contributed by atoms with E-state index in [0.717, 1.165) is 72.5 Å². The van der Waals surface area contributed by atoms with Crippen LogP contribution >= 0.6 is 0 Å². The Balaban J connectivity index is 0.989. The summed E-state index contributed by atoms with van der Waals surface area (Å²) in [7, 11) is 0. The lowest BCUT2D eigenvalue weighted by Gasteiger charge is -2.29. The Kier molecular flexibility index (Phi) is 11.2. The highest BCUT2D eigenvalue weighted by Gasteiger charge is 2.24. The van der Waals surface area contributed by atoms with Crippen LogP contribution in [0.2, 0.25) is 0 Å². The Morgan fingerprint density at radius 2 is 0.952 bits per heavy atom. The van der Waals surface area contributed by atoms with E-state index in [1.165, 1.54) is 38.5 Å². The molecule has 2 aromatic carbocycles. The molecule has 0 radical (unpaired) electrons. The molecular formula is C34H52N4O4. The summed E-state index contributed by atoms with van der Waals surface area (Å²) in [6.07, 6.45) is 14.5. The predicted octanol–water partition coefficient (Wildman–Crippen LogP) is 7.93. The molecule has 2 aromatic rings. The Hall–Kier alpha value is -2.52. The van der Waals surface area contributed by atoms with Gasteiger partial charge >= 0.3 is 0 Å². The van der Waals surface area contributed by atoms with E-state index in [9.17, 15) is 0 Å². The third-order valence-electron chi connectivity index (χ3n) is 9.47. The van der Waals surface area contributed by atoms with Crippen LogP contribution in [0.1, 0.15) is 102 Å². The van der Waals surface area contributed by atoms with Crippen LogP contribution in [0.15, 0.2) is 36.4 Å². The smallest absolute Gasteiger partial charge is 0.150 e. The highest BCUT2D eigenvalue weighted by molar-refractivity contribution is 5.50. The average Bonchev–Trinajstić information content (AvgIpc) is 3.00. The van der Waals surface area contributed by atoms with E-state index in [2.05, 4.69) is 61.7 Å². The van der Waals surface area contributed by atoms with Gasteiger partial charge in [-0.25, -0.2) is 0 Å². The number of anilines is 2. The van der Waals surface area contributed by atoms with Crippen LogP contribution in [0.5, 0.6) is 11.5 Å². The third-order valence-corrected chi connectivity index (χ3v) is 9.47. The summed E-state index contributed by atoms with van der Waals surface area (Å²) in [5.74, 6) is 2.90. The van der Waals surface area contributed by atoms with Gasteiger partial charge in [-0.3, -0.25) is 20.6 Å². The number of nitrogens with one attached hydrogen (secondary N) is 4. The molecule has 4 atom stereocenters. The van der Waals surface area contributed by atoms with Crippen molar-refractivity contribution in [1.29, 1.82) is 0 Å². The van der Waals surface area contributed by atoms with Crippen LogP contribution in [-0.4, -0.2) is 24.3 Å². The molecule has 0 aromatic heterocycles. The molecule has 5 rings (SSSR count). The topological polar surface area (TPSA) is 85.0 Å². The maximum Gasteiger partial charge on any atom is 0.150 e. The number of benzene rings is 2. The standard InChI is InChI=1S/C34H52N4O4/c1-23-9-5-7-11-31(23)39-37-29-17-19-33(25(3)21-29)41-35-27-13-15-28(16-14-27)36-42-34-20-18-30(22-26(34)4)38-40-32-12-8-6-10-24(32)2/h17-24,27-28,31-32,35-38H,5-16H2,1-4H3. The van der Waals surface area contributed by atoms with Crippen molar-refractivity contribution in [3.63, 3.8) is 0 Å². The molecule has 0 aliphatic heterocycles. The van der Waals surface area contributed by atoms with Gasteiger partial charge in [-0.15, -0.1) is 0 Å². The first kappa shape index (κ1) is 30.9. The lowest BCUT2D eigenvalue weighted by atomic mass is 9.88. The quantitative estimate of drug-likeness (QED) is 0.188. The van der Waals surface area contributed by atoms with Crippen molar-refractivity contribution in [2.45, 2.75) is 129 Å². The predicted molar refractivity (Wildman–Crippen MR) is 168 cm³/mol. The lowest BCUT2D eigenvalue weighted by Crippen LogP contribution is -2.42. The number of hydroxylamine groups is 2. The van der Waals surface area contributed by atoms with Crippen molar-refractivity contribution in [2.24, 2.45) is 11.8 Å². The molecule has 3 aliphatic rings. The van der Waals surface area contributed by atoms with Gasteiger partial charge in [0.25, 0.3) is 0 Å². The van der Waals surface area contributed by atoms with Crippen molar-refractivity contribution in [3.8, 4) is 11.5 Å². The van der Waals surface area contributed by atoms with Crippen LogP contribution in [0.25, 0.3) is 0 Å². The van der Waals surface area contributed by atoms with Gasteiger partial charge in [0.05, 0.1) is 23.6 Å². The minimum Gasteiger partial charge on any atom is -0.408 e. The molecule has 232 valence electrons. The zero-order valence-electron chi connectivity index (χ0n) is 26.0. The van der Waals surface area contributed by atoms with Crippen molar-refractivity contribution in [2.75, 3.05) is 11.0 Å². The molecule has 4 N–H and O–H groups in total. The maximum atomic E-state index is 6.01. The molecule has 0 saturated heterocycles. The second-order valence-corrected chi connectivity index (χ2v) is 13.0. The minimum absolute atomic E-state index is 0.286. The SMILES string of the molecule is Cc1cc(NOC2CCCCC2C)ccc1ONC1CCC(NOc2ccc(NOC3CCCCC3C)cc2C)CC1. The van der Waals surface area contributed by atoms with Crippen molar-refractivity contribution in [1.82, 2.24) is 11.0 Å². The molecule has 3 aliphatic carbocycles. The summed E-state index contributed by atoms with van der Waals surface area (Å²) < 4.78 is 0. The molecule has 3 fully saturated rings. The summed E-state index contributed by atoms with van der Waals surface area (Å²) in [5, 5.41) is 0. The van der Waals surface area contributed by atoms with Gasteiger partial charge in [-0.05, 0) is 125 Å². The molecule has 0 heterocycles. The first-order valence-electron chi connectivity index (χ1n) is 16.3. The first-order valence-corrected chi connectivity index (χ1v) is 16.3. The molecule has 3 saturated carbocycles. The van der Waals surface area contributed by atoms with Crippen molar-refractivity contribution in [3.05, 3.63) is 47.5 Å². The van der Waals surface area contributed by atoms with E-state index >= 15 is 0 Å². The number of hydrogen-bond acceptors (Lipinski definition) is 8. The van der Waals surface area contributed by atoms with Crippen LogP contribution in [-0.2, 0) is 9.68 Å². The molecule has 0 spiro atoms. The fourth-order valence-corrected chi connectivity index (χ4v) is 6.48. The van der Waals surface area contributed by atoms with Crippen LogP contribution in [0.3, 0.4) is 0 Å². The number of rotatable bonds is 12. The molecule has 42 heavy (non-hydrogen) atoms. The monoisotopic (exact) mass is 580 g/mol. The lowest BCUT2D eigenvalue weighted by molar-refractivity contribution is 0.0291. The van der Waals surface area contributed by atoms with Gasteiger partial charge in [-0.2, -0.15) is 11.0 Å². The van der Waals surface area contributed by atoms with E-state index in [1.54, 1.807) is 0 Å². The highest BCUT2D eigenvalue weighted by Crippen LogP contribution is 2.30. The Morgan fingerprint density at radius 1 is 0.548 bits per heavy atom. The fourth-order valence-electron chi connectivity index (χ4n) is 6.48. The average molecular weight is 581 g/mol. The van der Waals surface area contributed by atoms with E-state index in [-0.39, 0.29) is 12.2 Å². The van der Waals surface area contributed by atoms with Gasteiger partial charge in [0, 0.05) is 12.1 Å². The van der Waals surface area contributed by atoms with Crippen LogP contribution < -0.4 is 31.6 Å². The summed E-state index contributed by atoms with van der Waals surface area (Å²) in [6.45, 7) is 8.70. The Morgan fingerprint density at radius 3 is 1.33 bits per heavy atom. The Labute approximate surface area is 252 Å². The van der Waals surface area contributed by atoms with Crippen LogP contribution in [0, 0.1) is 25.7 Å². The highest BCUT2D eigenvalue weighted by atomic mass is 16.7.